The first-order valence-corrected chi connectivity index (χ1v) is 9.48. The minimum atomic E-state index is 0.237. The zero-order valence-corrected chi connectivity index (χ0v) is 15.4. The monoisotopic (exact) mass is 314 g/mol. The Bertz CT molecular complexity index is 309. The molecule has 0 aromatic carbocycles. The number of aliphatic imine (C=N–C) groups is 1. The Kier molecular flexibility index (Phi) is 8.49. The lowest BCUT2D eigenvalue weighted by Gasteiger charge is -2.33. The first-order chi connectivity index (χ1) is 10.0. The van der Waals surface area contributed by atoms with E-state index >= 15 is 0 Å². The van der Waals surface area contributed by atoms with Gasteiger partial charge in [-0.2, -0.15) is 11.8 Å². The molecule has 1 saturated heterocycles. The molecule has 1 aliphatic rings. The average molecular weight is 315 g/mol. The third-order valence-corrected chi connectivity index (χ3v) is 5.46. The lowest BCUT2D eigenvalue weighted by atomic mass is 10.0. The number of likely N-dealkylation sites (tertiary alicyclic amines) is 1. The van der Waals surface area contributed by atoms with E-state index in [4.69, 9.17) is 0 Å². The molecule has 1 rings (SSSR count). The Labute approximate surface area is 135 Å². The van der Waals surface area contributed by atoms with Gasteiger partial charge in [0.05, 0.1) is 0 Å². The number of piperidine rings is 1. The van der Waals surface area contributed by atoms with E-state index in [0.717, 1.165) is 12.5 Å². The van der Waals surface area contributed by atoms with Crippen molar-refractivity contribution in [3.8, 4) is 0 Å². The van der Waals surface area contributed by atoms with Crippen molar-refractivity contribution < 1.29 is 0 Å². The summed E-state index contributed by atoms with van der Waals surface area (Å²) in [7, 11) is 1.86. The smallest absolute Gasteiger partial charge is 0.191 e. The summed E-state index contributed by atoms with van der Waals surface area (Å²) in [5, 5.41) is 7.04. The van der Waals surface area contributed by atoms with Gasteiger partial charge in [0.15, 0.2) is 5.96 Å². The fourth-order valence-corrected chi connectivity index (χ4v) is 2.66. The summed E-state index contributed by atoms with van der Waals surface area (Å²) >= 11 is 1.88. The molecule has 0 amide bonds. The highest BCUT2D eigenvalue weighted by molar-refractivity contribution is 7.99. The number of hydrogen-bond acceptors (Lipinski definition) is 3. The number of hydrogen-bond donors (Lipinski definition) is 2. The van der Waals surface area contributed by atoms with E-state index in [1.807, 2.05) is 18.8 Å². The van der Waals surface area contributed by atoms with Crippen LogP contribution in [0.5, 0.6) is 0 Å². The zero-order valence-electron chi connectivity index (χ0n) is 14.5. The van der Waals surface area contributed by atoms with Crippen molar-refractivity contribution in [2.45, 2.75) is 57.2 Å². The minimum Gasteiger partial charge on any atom is -0.355 e. The zero-order chi connectivity index (χ0) is 15.7. The highest BCUT2D eigenvalue weighted by atomic mass is 32.2. The van der Waals surface area contributed by atoms with Crippen LogP contribution in [-0.2, 0) is 0 Å². The molecule has 0 spiro atoms. The van der Waals surface area contributed by atoms with Gasteiger partial charge in [0.2, 0.25) is 0 Å². The van der Waals surface area contributed by atoms with Crippen molar-refractivity contribution in [1.82, 2.24) is 15.5 Å². The standard InChI is InChI=1S/C16H34N4S/c1-6-7-10-20-11-8-14(9-12-20)19-15(17-4)18-13-16(2,3)21-5/h14H,6-13H2,1-5H3,(H2,17,18,19). The second kappa shape index (κ2) is 9.57. The van der Waals surface area contributed by atoms with Gasteiger partial charge in [-0.25, -0.2) is 0 Å². The maximum absolute atomic E-state index is 4.36. The first-order valence-electron chi connectivity index (χ1n) is 8.25. The fraction of sp³-hybridized carbons (Fsp3) is 0.938. The predicted molar refractivity (Wildman–Crippen MR) is 96.5 cm³/mol. The van der Waals surface area contributed by atoms with Crippen molar-refractivity contribution in [2.24, 2.45) is 4.99 Å². The Morgan fingerprint density at radius 2 is 2.00 bits per heavy atom. The predicted octanol–water partition coefficient (Wildman–Crippen LogP) is 2.56. The van der Waals surface area contributed by atoms with E-state index in [1.54, 1.807) is 0 Å². The summed E-state index contributed by atoms with van der Waals surface area (Å²) < 4.78 is 0.237. The van der Waals surface area contributed by atoms with E-state index in [-0.39, 0.29) is 4.75 Å². The lowest BCUT2D eigenvalue weighted by molar-refractivity contribution is 0.203. The molecule has 0 aromatic rings. The normalized spacial score (nSPS) is 18.8. The quantitative estimate of drug-likeness (QED) is 0.560. The number of nitrogens with zero attached hydrogens (tertiary/aromatic N) is 2. The number of guanidine groups is 1. The van der Waals surface area contributed by atoms with Crippen LogP contribution < -0.4 is 10.6 Å². The summed E-state index contributed by atoms with van der Waals surface area (Å²) in [5.41, 5.74) is 0. The molecular formula is C16H34N4S. The van der Waals surface area contributed by atoms with Crippen LogP contribution in [-0.4, -0.2) is 61.1 Å². The topological polar surface area (TPSA) is 39.7 Å². The largest absolute Gasteiger partial charge is 0.355 e. The van der Waals surface area contributed by atoms with Gasteiger partial charge in [0, 0.05) is 37.5 Å². The van der Waals surface area contributed by atoms with E-state index < -0.39 is 0 Å². The van der Waals surface area contributed by atoms with Gasteiger partial charge in [0.25, 0.3) is 0 Å². The van der Waals surface area contributed by atoms with Crippen LogP contribution in [0.4, 0.5) is 0 Å². The molecule has 5 heteroatoms. The molecule has 0 aromatic heterocycles. The number of thioether (sulfide) groups is 1. The van der Waals surface area contributed by atoms with Crippen LogP contribution in [0.25, 0.3) is 0 Å². The SMILES string of the molecule is CCCCN1CCC(NC(=NC)NCC(C)(C)SC)CC1. The molecule has 1 aliphatic heterocycles. The van der Waals surface area contributed by atoms with Crippen LogP contribution in [0, 0.1) is 0 Å². The second-order valence-electron chi connectivity index (χ2n) is 6.50. The van der Waals surface area contributed by atoms with Gasteiger partial charge in [-0.3, -0.25) is 4.99 Å². The van der Waals surface area contributed by atoms with Crippen molar-refractivity contribution in [2.75, 3.05) is 39.5 Å². The molecule has 0 atom stereocenters. The Morgan fingerprint density at radius 3 is 2.52 bits per heavy atom. The van der Waals surface area contributed by atoms with Gasteiger partial charge in [-0.1, -0.05) is 13.3 Å². The molecule has 0 bridgehead atoms. The van der Waals surface area contributed by atoms with E-state index in [2.05, 4.69) is 47.6 Å². The minimum absolute atomic E-state index is 0.237. The highest BCUT2D eigenvalue weighted by Crippen LogP contribution is 2.19. The van der Waals surface area contributed by atoms with Crippen molar-refractivity contribution in [1.29, 1.82) is 0 Å². The first kappa shape index (κ1) is 18.6. The summed E-state index contributed by atoms with van der Waals surface area (Å²) in [6, 6.07) is 0.562. The molecule has 0 aliphatic carbocycles. The average Bonchev–Trinajstić information content (AvgIpc) is 2.50. The maximum Gasteiger partial charge on any atom is 0.191 e. The van der Waals surface area contributed by atoms with Gasteiger partial charge in [-0.05, 0) is 45.9 Å². The summed E-state index contributed by atoms with van der Waals surface area (Å²) in [6.45, 7) is 11.4. The molecule has 1 heterocycles. The van der Waals surface area contributed by atoms with Crippen molar-refractivity contribution in [3.05, 3.63) is 0 Å². The molecular weight excluding hydrogens is 280 g/mol. The van der Waals surface area contributed by atoms with Gasteiger partial charge in [-0.15, -0.1) is 0 Å². The van der Waals surface area contributed by atoms with E-state index in [9.17, 15) is 0 Å². The number of unbranched alkanes of at least 4 members (excludes halogenated alkanes) is 1. The fourth-order valence-electron chi connectivity index (χ4n) is 2.44. The molecule has 0 saturated carbocycles. The third kappa shape index (κ3) is 7.41. The number of rotatable bonds is 7. The Balaban J connectivity index is 2.29. The van der Waals surface area contributed by atoms with Crippen LogP contribution in [0.3, 0.4) is 0 Å². The molecule has 4 nitrogen and oxygen atoms in total. The summed E-state index contributed by atoms with van der Waals surface area (Å²) in [6.07, 6.45) is 7.21. The van der Waals surface area contributed by atoms with Crippen molar-refractivity contribution in [3.63, 3.8) is 0 Å². The van der Waals surface area contributed by atoms with E-state index in [1.165, 1.54) is 45.3 Å². The van der Waals surface area contributed by atoms with Crippen LogP contribution >= 0.6 is 11.8 Å². The maximum atomic E-state index is 4.36. The molecule has 124 valence electrons. The Hall–Kier alpha value is -0.420. The number of nitrogens with one attached hydrogen (secondary N) is 2. The van der Waals surface area contributed by atoms with Crippen molar-refractivity contribution >= 4 is 17.7 Å². The molecule has 0 unspecified atom stereocenters. The summed E-state index contributed by atoms with van der Waals surface area (Å²) in [5.74, 6) is 0.948. The third-order valence-electron chi connectivity index (χ3n) is 4.21. The highest BCUT2D eigenvalue weighted by Gasteiger charge is 2.21. The van der Waals surface area contributed by atoms with E-state index in [0.29, 0.717) is 6.04 Å². The Morgan fingerprint density at radius 1 is 1.33 bits per heavy atom. The van der Waals surface area contributed by atoms with Gasteiger partial charge in [0.1, 0.15) is 0 Å². The van der Waals surface area contributed by atoms with Gasteiger partial charge < -0.3 is 15.5 Å². The lowest BCUT2D eigenvalue weighted by Crippen LogP contribution is -2.50. The summed E-state index contributed by atoms with van der Waals surface area (Å²) in [4.78, 5) is 6.95. The molecule has 1 fully saturated rings. The van der Waals surface area contributed by atoms with Crippen LogP contribution in [0.15, 0.2) is 4.99 Å². The van der Waals surface area contributed by atoms with Gasteiger partial charge >= 0.3 is 0 Å². The second-order valence-corrected chi connectivity index (χ2v) is 8.02. The molecule has 0 radical (unpaired) electrons. The van der Waals surface area contributed by atoms with Crippen LogP contribution in [0.1, 0.15) is 46.5 Å². The molecule has 2 N–H and O–H groups in total. The van der Waals surface area contributed by atoms with Crippen LogP contribution in [0.2, 0.25) is 0 Å². The molecule has 21 heavy (non-hydrogen) atoms.